The van der Waals surface area contributed by atoms with Crippen LogP contribution in [0.3, 0.4) is 0 Å². The highest BCUT2D eigenvalue weighted by molar-refractivity contribution is 5.40. The first-order valence-electron chi connectivity index (χ1n) is 5.88. The maximum atomic E-state index is 13.4. The number of ether oxygens (including phenoxy) is 2. The molecule has 0 fully saturated rings. The molecular weight excluding hydrogens is 247 g/mol. The molecule has 0 bridgehead atoms. The molecule has 100 valence electrons. The van der Waals surface area contributed by atoms with E-state index in [2.05, 4.69) is 0 Å². The van der Waals surface area contributed by atoms with E-state index < -0.39 is 0 Å². The minimum absolute atomic E-state index is 0.117. The zero-order valence-electron chi connectivity index (χ0n) is 10.6. The number of halogens is 1. The Morgan fingerprint density at radius 2 is 1.89 bits per heavy atom. The van der Waals surface area contributed by atoms with Gasteiger partial charge in [-0.25, -0.2) is 4.39 Å². The molecule has 0 atom stereocenters. The molecular formula is C15H15FO3. The molecule has 19 heavy (non-hydrogen) atoms. The molecule has 0 aromatic heterocycles. The van der Waals surface area contributed by atoms with Gasteiger partial charge >= 0.3 is 0 Å². The van der Waals surface area contributed by atoms with E-state index >= 15 is 0 Å². The van der Waals surface area contributed by atoms with Gasteiger partial charge in [-0.05, 0) is 24.3 Å². The Labute approximate surface area is 111 Å². The summed E-state index contributed by atoms with van der Waals surface area (Å²) >= 11 is 0. The van der Waals surface area contributed by atoms with Crippen LogP contribution in [-0.2, 0) is 13.2 Å². The average molecular weight is 262 g/mol. The van der Waals surface area contributed by atoms with Crippen molar-refractivity contribution < 1.29 is 19.0 Å². The second kappa shape index (κ2) is 6.20. The van der Waals surface area contributed by atoms with Gasteiger partial charge in [-0.3, -0.25) is 0 Å². The van der Waals surface area contributed by atoms with Crippen molar-refractivity contribution in [3.63, 3.8) is 0 Å². The van der Waals surface area contributed by atoms with Gasteiger partial charge in [0.1, 0.15) is 23.9 Å². The van der Waals surface area contributed by atoms with E-state index in [9.17, 15) is 9.50 Å². The molecule has 2 aromatic rings. The van der Waals surface area contributed by atoms with Crippen LogP contribution in [0.25, 0.3) is 0 Å². The van der Waals surface area contributed by atoms with Gasteiger partial charge in [0.15, 0.2) is 0 Å². The highest BCUT2D eigenvalue weighted by atomic mass is 19.1. The lowest BCUT2D eigenvalue weighted by molar-refractivity contribution is 0.256. The maximum Gasteiger partial charge on any atom is 0.129 e. The lowest BCUT2D eigenvalue weighted by Gasteiger charge is -2.12. The van der Waals surface area contributed by atoms with Crippen LogP contribution in [0.5, 0.6) is 11.5 Å². The van der Waals surface area contributed by atoms with Crippen molar-refractivity contribution in [1.82, 2.24) is 0 Å². The summed E-state index contributed by atoms with van der Waals surface area (Å²) in [5.41, 5.74) is 1.08. The summed E-state index contributed by atoms with van der Waals surface area (Å²) in [4.78, 5) is 0. The largest absolute Gasteiger partial charge is 0.497 e. The summed E-state index contributed by atoms with van der Waals surface area (Å²) in [6.45, 7) is -0.0458. The molecule has 1 N–H and O–H groups in total. The van der Waals surface area contributed by atoms with Gasteiger partial charge in [-0.2, -0.15) is 0 Å². The minimum atomic E-state index is -0.304. The van der Waals surface area contributed by atoms with Crippen LogP contribution in [-0.4, -0.2) is 12.2 Å². The number of benzene rings is 2. The van der Waals surface area contributed by atoms with Crippen LogP contribution < -0.4 is 9.47 Å². The van der Waals surface area contributed by atoms with Crippen LogP contribution in [0.4, 0.5) is 4.39 Å². The predicted molar refractivity (Wildman–Crippen MR) is 69.6 cm³/mol. The molecule has 0 saturated heterocycles. The van der Waals surface area contributed by atoms with Crippen molar-refractivity contribution in [2.75, 3.05) is 7.11 Å². The third-order valence-corrected chi connectivity index (χ3v) is 2.78. The van der Waals surface area contributed by atoms with Gasteiger partial charge in [0.05, 0.1) is 13.7 Å². The summed E-state index contributed by atoms with van der Waals surface area (Å²) in [5.74, 6) is 0.857. The fourth-order valence-electron chi connectivity index (χ4n) is 1.72. The number of aliphatic hydroxyl groups excluding tert-OH is 1. The van der Waals surface area contributed by atoms with Crippen molar-refractivity contribution in [2.45, 2.75) is 13.2 Å². The van der Waals surface area contributed by atoms with E-state index in [0.29, 0.717) is 22.6 Å². The number of hydrogen-bond donors (Lipinski definition) is 1. The average Bonchev–Trinajstić information content (AvgIpc) is 2.46. The molecule has 2 aromatic carbocycles. The van der Waals surface area contributed by atoms with Crippen molar-refractivity contribution in [2.24, 2.45) is 0 Å². The fraction of sp³-hybridized carbons (Fsp3) is 0.200. The van der Waals surface area contributed by atoms with E-state index in [-0.39, 0.29) is 19.0 Å². The molecule has 0 heterocycles. The topological polar surface area (TPSA) is 38.7 Å². The van der Waals surface area contributed by atoms with Crippen LogP contribution >= 0.6 is 0 Å². The highest BCUT2D eigenvalue weighted by Crippen LogP contribution is 2.25. The number of hydrogen-bond acceptors (Lipinski definition) is 3. The normalized spacial score (nSPS) is 10.3. The van der Waals surface area contributed by atoms with Crippen LogP contribution in [0.15, 0.2) is 42.5 Å². The molecule has 0 aliphatic heterocycles. The minimum Gasteiger partial charge on any atom is -0.497 e. The predicted octanol–water partition coefficient (Wildman–Crippen LogP) is 2.91. The second-order valence-electron chi connectivity index (χ2n) is 4.01. The Morgan fingerprint density at radius 3 is 2.58 bits per heavy atom. The van der Waals surface area contributed by atoms with Gasteiger partial charge < -0.3 is 14.6 Å². The van der Waals surface area contributed by atoms with Gasteiger partial charge in [-0.15, -0.1) is 0 Å². The van der Waals surface area contributed by atoms with Crippen molar-refractivity contribution >= 4 is 0 Å². The van der Waals surface area contributed by atoms with E-state index in [4.69, 9.17) is 9.47 Å². The summed E-state index contributed by atoms with van der Waals surface area (Å²) in [6, 6.07) is 11.6. The van der Waals surface area contributed by atoms with E-state index in [1.807, 2.05) is 0 Å². The van der Waals surface area contributed by atoms with Crippen LogP contribution in [0, 0.1) is 5.82 Å². The van der Waals surface area contributed by atoms with Crippen molar-refractivity contribution in [3.8, 4) is 11.5 Å². The van der Waals surface area contributed by atoms with Crippen LogP contribution in [0.1, 0.15) is 11.1 Å². The lowest BCUT2D eigenvalue weighted by Crippen LogP contribution is -2.01. The molecule has 0 aliphatic carbocycles. The zero-order valence-corrected chi connectivity index (χ0v) is 10.6. The van der Waals surface area contributed by atoms with Crippen molar-refractivity contribution in [1.29, 1.82) is 0 Å². The van der Waals surface area contributed by atoms with Crippen molar-refractivity contribution in [3.05, 3.63) is 59.4 Å². The monoisotopic (exact) mass is 262 g/mol. The smallest absolute Gasteiger partial charge is 0.129 e. The Balaban J connectivity index is 2.13. The first-order chi connectivity index (χ1) is 9.24. The highest BCUT2D eigenvalue weighted by Gasteiger charge is 2.07. The summed E-state index contributed by atoms with van der Waals surface area (Å²) in [6.07, 6.45) is 0. The van der Waals surface area contributed by atoms with Gasteiger partial charge in [0.2, 0.25) is 0 Å². The summed E-state index contributed by atoms with van der Waals surface area (Å²) < 4.78 is 24.0. The molecule has 0 aliphatic rings. The number of methoxy groups -OCH3 is 1. The van der Waals surface area contributed by atoms with E-state index in [0.717, 1.165) is 0 Å². The van der Waals surface area contributed by atoms with Gasteiger partial charge in [0.25, 0.3) is 0 Å². The standard InChI is InChI=1S/C15H15FO3/c1-18-13-6-7-15(12(8-13)9-17)19-10-11-4-2-3-5-14(11)16/h2-8,17H,9-10H2,1H3. The molecule has 2 rings (SSSR count). The third-order valence-electron chi connectivity index (χ3n) is 2.78. The zero-order chi connectivity index (χ0) is 13.7. The Kier molecular flexibility index (Phi) is 4.36. The number of rotatable bonds is 5. The Morgan fingerprint density at radius 1 is 1.11 bits per heavy atom. The Hall–Kier alpha value is -2.07. The first-order valence-corrected chi connectivity index (χ1v) is 5.88. The lowest BCUT2D eigenvalue weighted by atomic mass is 10.2. The quantitative estimate of drug-likeness (QED) is 0.900. The molecule has 0 saturated carbocycles. The molecule has 0 spiro atoms. The van der Waals surface area contributed by atoms with Gasteiger partial charge in [0, 0.05) is 11.1 Å². The second-order valence-corrected chi connectivity index (χ2v) is 4.01. The molecule has 3 nitrogen and oxygen atoms in total. The first kappa shape index (κ1) is 13.4. The van der Waals surface area contributed by atoms with E-state index in [1.54, 1.807) is 43.5 Å². The molecule has 0 unspecified atom stereocenters. The SMILES string of the molecule is COc1ccc(OCc2ccccc2F)c(CO)c1. The summed E-state index contributed by atoms with van der Waals surface area (Å²) in [7, 11) is 1.55. The maximum absolute atomic E-state index is 13.4. The van der Waals surface area contributed by atoms with Gasteiger partial charge in [-0.1, -0.05) is 18.2 Å². The third kappa shape index (κ3) is 3.23. The fourth-order valence-corrected chi connectivity index (χ4v) is 1.72. The molecule has 0 amide bonds. The van der Waals surface area contributed by atoms with Crippen LogP contribution in [0.2, 0.25) is 0 Å². The molecule has 0 radical (unpaired) electrons. The number of aliphatic hydroxyl groups is 1. The van der Waals surface area contributed by atoms with E-state index in [1.165, 1.54) is 6.07 Å². The summed E-state index contributed by atoms with van der Waals surface area (Å²) in [5, 5.41) is 9.28. The Bertz CT molecular complexity index is 555. The molecule has 4 heteroatoms.